The molecular weight excluding hydrogens is 429 g/mol. The predicted molar refractivity (Wildman–Crippen MR) is 108 cm³/mol. The van der Waals surface area contributed by atoms with Gasteiger partial charge in [0.05, 0.1) is 17.6 Å². The molecule has 2 heterocycles. The zero-order valence-electron chi connectivity index (χ0n) is 15.4. The summed E-state index contributed by atoms with van der Waals surface area (Å²) in [4.78, 5) is 21.5. The molecule has 1 aliphatic rings. The average molecular weight is 448 g/mol. The van der Waals surface area contributed by atoms with Crippen LogP contribution in [-0.4, -0.2) is 27.6 Å². The number of aromatic nitrogens is 3. The van der Waals surface area contributed by atoms with Gasteiger partial charge in [-0.1, -0.05) is 6.07 Å². The van der Waals surface area contributed by atoms with Gasteiger partial charge in [0.15, 0.2) is 0 Å². The number of anilines is 2. The Bertz CT molecular complexity index is 1090. The molecule has 28 heavy (non-hydrogen) atoms. The molecule has 1 aromatic carbocycles. The van der Waals surface area contributed by atoms with Gasteiger partial charge in [-0.25, -0.2) is 14.4 Å². The SMILES string of the molecule is COCc1ccc(NC(=O)c2c(Br)n(C3(C)CC3)c3ncnc(N)c23)cc1F. The molecule has 1 aliphatic carbocycles. The van der Waals surface area contributed by atoms with Crippen molar-refractivity contribution in [3.63, 3.8) is 0 Å². The Balaban J connectivity index is 1.76. The van der Waals surface area contributed by atoms with Crippen LogP contribution in [0.3, 0.4) is 0 Å². The zero-order chi connectivity index (χ0) is 20.1. The number of carbonyl (C=O) groups is 1. The van der Waals surface area contributed by atoms with Crippen LogP contribution in [0.4, 0.5) is 15.9 Å². The maximum Gasteiger partial charge on any atom is 0.259 e. The van der Waals surface area contributed by atoms with Crippen molar-refractivity contribution in [1.29, 1.82) is 0 Å². The van der Waals surface area contributed by atoms with E-state index in [-0.39, 0.29) is 18.0 Å². The summed E-state index contributed by atoms with van der Waals surface area (Å²) in [5.74, 6) is -0.643. The van der Waals surface area contributed by atoms with Gasteiger partial charge in [-0.05, 0) is 47.8 Å². The molecule has 1 amide bonds. The van der Waals surface area contributed by atoms with Crippen molar-refractivity contribution in [2.24, 2.45) is 0 Å². The Morgan fingerprint density at radius 1 is 1.43 bits per heavy atom. The topological polar surface area (TPSA) is 95.1 Å². The Kier molecular flexibility index (Phi) is 4.59. The summed E-state index contributed by atoms with van der Waals surface area (Å²) in [6.07, 6.45) is 3.34. The van der Waals surface area contributed by atoms with Crippen molar-refractivity contribution < 1.29 is 13.9 Å². The number of halogens is 2. The minimum absolute atomic E-state index is 0.121. The van der Waals surface area contributed by atoms with Crippen LogP contribution < -0.4 is 11.1 Å². The fourth-order valence-electron chi connectivity index (χ4n) is 3.30. The van der Waals surface area contributed by atoms with Gasteiger partial charge < -0.3 is 20.4 Å². The van der Waals surface area contributed by atoms with Crippen LogP contribution in [0.1, 0.15) is 35.7 Å². The summed E-state index contributed by atoms with van der Waals surface area (Å²) >= 11 is 3.55. The van der Waals surface area contributed by atoms with Crippen LogP contribution in [-0.2, 0) is 16.9 Å². The number of rotatable bonds is 5. The summed E-state index contributed by atoms with van der Waals surface area (Å²) in [5, 5.41) is 3.22. The van der Waals surface area contributed by atoms with Gasteiger partial charge in [-0.15, -0.1) is 0 Å². The van der Waals surface area contributed by atoms with Crippen LogP contribution in [0.2, 0.25) is 0 Å². The first-order valence-corrected chi connectivity index (χ1v) is 9.54. The largest absolute Gasteiger partial charge is 0.383 e. The highest BCUT2D eigenvalue weighted by Gasteiger charge is 2.43. The number of nitrogens with two attached hydrogens (primary N) is 1. The number of fused-ring (bicyclic) bond motifs is 1. The highest BCUT2D eigenvalue weighted by Crippen LogP contribution is 2.48. The maximum absolute atomic E-state index is 14.2. The van der Waals surface area contributed by atoms with E-state index in [0.717, 1.165) is 12.8 Å². The number of ether oxygens (including phenoxy) is 1. The second kappa shape index (κ2) is 6.82. The van der Waals surface area contributed by atoms with Crippen LogP contribution in [0.15, 0.2) is 29.1 Å². The smallest absolute Gasteiger partial charge is 0.259 e. The molecule has 0 aliphatic heterocycles. The normalized spacial score (nSPS) is 15.0. The summed E-state index contributed by atoms with van der Waals surface area (Å²) < 4.78 is 21.7. The van der Waals surface area contributed by atoms with E-state index in [1.807, 2.05) is 4.57 Å². The summed E-state index contributed by atoms with van der Waals surface area (Å²) in [6.45, 7) is 2.26. The third kappa shape index (κ3) is 3.04. The van der Waals surface area contributed by atoms with Crippen molar-refractivity contribution in [3.05, 3.63) is 46.1 Å². The number of methoxy groups -OCH3 is 1. The molecule has 0 saturated heterocycles. The summed E-state index contributed by atoms with van der Waals surface area (Å²) in [5.41, 5.74) is 7.64. The van der Waals surface area contributed by atoms with E-state index < -0.39 is 11.7 Å². The van der Waals surface area contributed by atoms with Crippen molar-refractivity contribution in [1.82, 2.24) is 14.5 Å². The molecule has 9 heteroatoms. The molecule has 1 saturated carbocycles. The molecule has 0 atom stereocenters. The third-order valence-corrected chi connectivity index (χ3v) is 5.82. The number of benzene rings is 1. The van der Waals surface area contributed by atoms with Gasteiger partial charge in [0.2, 0.25) is 0 Å². The first-order valence-electron chi connectivity index (χ1n) is 8.75. The lowest BCUT2D eigenvalue weighted by Crippen LogP contribution is -2.15. The Hall–Kier alpha value is -2.52. The first-order chi connectivity index (χ1) is 13.4. The second-order valence-electron chi connectivity index (χ2n) is 7.15. The van der Waals surface area contributed by atoms with Crippen LogP contribution in [0.5, 0.6) is 0 Å². The predicted octanol–water partition coefficient (Wildman–Crippen LogP) is 3.82. The molecule has 0 bridgehead atoms. The lowest BCUT2D eigenvalue weighted by Gasteiger charge is -2.14. The van der Waals surface area contributed by atoms with Crippen molar-refractivity contribution in [2.45, 2.75) is 31.9 Å². The van der Waals surface area contributed by atoms with Gasteiger partial charge >= 0.3 is 0 Å². The second-order valence-corrected chi connectivity index (χ2v) is 7.90. The molecular formula is C19H19BrFN5O2. The minimum atomic E-state index is -0.450. The number of nitrogens with zero attached hydrogens (tertiary/aromatic N) is 3. The van der Waals surface area contributed by atoms with E-state index in [1.165, 1.54) is 19.5 Å². The highest BCUT2D eigenvalue weighted by molar-refractivity contribution is 9.10. The van der Waals surface area contributed by atoms with Crippen LogP contribution in [0.25, 0.3) is 11.0 Å². The molecule has 2 aromatic heterocycles. The van der Waals surface area contributed by atoms with E-state index in [4.69, 9.17) is 10.5 Å². The van der Waals surface area contributed by atoms with Crippen LogP contribution >= 0.6 is 15.9 Å². The average Bonchev–Trinajstić information content (AvgIpc) is 3.29. The number of hydrogen-bond acceptors (Lipinski definition) is 5. The van der Waals surface area contributed by atoms with Gasteiger partial charge in [-0.2, -0.15) is 0 Å². The van der Waals surface area contributed by atoms with Crippen molar-refractivity contribution >= 4 is 44.4 Å². The quantitative estimate of drug-likeness (QED) is 0.619. The molecule has 146 valence electrons. The van der Waals surface area contributed by atoms with E-state index >= 15 is 0 Å². The maximum atomic E-state index is 14.2. The lowest BCUT2D eigenvalue weighted by molar-refractivity contribution is 0.102. The van der Waals surface area contributed by atoms with Gasteiger partial charge in [0.1, 0.15) is 28.2 Å². The summed E-state index contributed by atoms with van der Waals surface area (Å²) in [7, 11) is 1.50. The van der Waals surface area contributed by atoms with E-state index in [9.17, 15) is 9.18 Å². The fraction of sp³-hybridized carbons (Fsp3) is 0.316. The molecule has 0 radical (unpaired) electrons. The molecule has 0 unspecified atom stereocenters. The van der Waals surface area contributed by atoms with Gasteiger partial charge in [0.25, 0.3) is 5.91 Å². The molecule has 3 aromatic rings. The zero-order valence-corrected chi connectivity index (χ0v) is 17.0. The molecule has 1 fully saturated rings. The van der Waals surface area contributed by atoms with E-state index in [0.29, 0.717) is 32.5 Å². The number of carbonyl (C=O) groups excluding carboxylic acids is 1. The molecule has 0 spiro atoms. The van der Waals surface area contributed by atoms with E-state index in [2.05, 4.69) is 38.1 Å². The van der Waals surface area contributed by atoms with E-state index in [1.54, 1.807) is 12.1 Å². The van der Waals surface area contributed by atoms with Crippen molar-refractivity contribution in [3.8, 4) is 0 Å². The Morgan fingerprint density at radius 3 is 2.82 bits per heavy atom. The van der Waals surface area contributed by atoms with Crippen molar-refractivity contribution in [2.75, 3.05) is 18.2 Å². The van der Waals surface area contributed by atoms with Crippen LogP contribution in [0, 0.1) is 5.82 Å². The number of hydrogen-bond donors (Lipinski definition) is 2. The molecule has 3 N–H and O–H groups in total. The highest BCUT2D eigenvalue weighted by atomic mass is 79.9. The number of amides is 1. The monoisotopic (exact) mass is 447 g/mol. The molecule has 4 rings (SSSR count). The van der Waals surface area contributed by atoms with Gasteiger partial charge in [0, 0.05) is 23.9 Å². The third-order valence-electron chi connectivity index (χ3n) is 5.07. The number of nitrogens with one attached hydrogen (secondary N) is 1. The number of nitrogen functional groups attached to an aromatic ring is 1. The Labute approximate surface area is 169 Å². The van der Waals surface area contributed by atoms with Gasteiger partial charge in [-0.3, -0.25) is 4.79 Å². The standard InChI is InChI=1S/C19H19BrFN5O2/c1-19(5-6-19)26-15(20)13(14-16(22)23-9-24-17(14)26)18(27)25-11-4-3-10(8-28-2)12(21)7-11/h3-4,7,9H,5-6,8H2,1-2H3,(H,25,27)(H2,22,23,24). The summed E-state index contributed by atoms with van der Waals surface area (Å²) in [6, 6.07) is 4.47. The minimum Gasteiger partial charge on any atom is -0.383 e. The lowest BCUT2D eigenvalue weighted by atomic mass is 10.2. The fourth-order valence-corrected chi connectivity index (χ4v) is 4.28. The Morgan fingerprint density at radius 2 is 2.18 bits per heavy atom. The first kappa shape index (κ1) is 18.8. The molecule has 7 nitrogen and oxygen atoms in total.